The van der Waals surface area contributed by atoms with E-state index in [2.05, 4.69) is 10.6 Å². The fraction of sp³-hybridized carbons (Fsp3) is 0.478. The maximum absolute atomic E-state index is 13.0. The van der Waals surface area contributed by atoms with Gasteiger partial charge in [-0.2, -0.15) is 0 Å². The summed E-state index contributed by atoms with van der Waals surface area (Å²) in [5.41, 5.74) is 0.756. The van der Waals surface area contributed by atoms with Gasteiger partial charge in [0.15, 0.2) is 0 Å². The molecule has 2 aliphatic rings. The highest BCUT2D eigenvalue weighted by molar-refractivity contribution is 6.07. The van der Waals surface area contributed by atoms with Crippen LogP contribution < -0.4 is 10.6 Å². The number of carbonyl (C=O) groups is 2. The Morgan fingerprint density at radius 1 is 1.03 bits per heavy atom. The van der Waals surface area contributed by atoms with E-state index in [4.69, 9.17) is 0 Å². The monoisotopic (exact) mass is 415 g/mol. The number of hydrogen-bond donors (Lipinski definition) is 2. The Morgan fingerprint density at radius 3 is 2.55 bits per heavy atom. The number of benzene rings is 2. The van der Waals surface area contributed by atoms with E-state index in [9.17, 15) is 9.59 Å². The minimum Gasteiger partial charge on any atom is -0.356 e. The zero-order valence-corrected chi connectivity index (χ0v) is 17.5. The highest BCUT2D eigenvalue weighted by Crippen LogP contribution is 2.24. The number of rotatable bonds is 5. The Hall–Kier alpha value is -2.11. The molecule has 6 heteroatoms. The first-order chi connectivity index (χ1) is 13.7. The van der Waals surface area contributed by atoms with Crippen LogP contribution in [0.4, 0.5) is 0 Å². The minimum atomic E-state index is 0. The number of halogens is 1. The summed E-state index contributed by atoms with van der Waals surface area (Å²) in [6.07, 6.45) is 3.75. The molecule has 2 aromatic carbocycles. The zero-order valence-electron chi connectivity index (χ0n) is 16.7. The summed E-state index contributed by atoms with van der Waals surface area (Å²) < 4.78 is 0. The molecule has 4 rings (SSSR count). The molecule has 0 aromatic heterocycles. The number of amides is 2. The Morgan fingerprint density at radius 2 is 1.79 bits per heavy atom. The van der Waals surface area contributed by atoms with Gasteiger partial charge in [-0.15, -0.1) is 12.4 Å². The van der Waals surface area contributed by atoms with Crippen LogP contribution in [0, 0.1) is 11.8 Å². The maximum atomic E-state index is 13.0. The molecule has 2 saturated heterocycles. The third kappa shape index (κ3) is 5.09. The number of carbonyl (C=O) groups excluding carboxylic acids is 2. The summed E-state index contributed by atoms with van der Waals surface area (Å²) in [6, 6.07) is 13.9. The van der Waals surface area contributed by atoms with Crippen molar-refractivity contribution in [1.29, 1.82) is 0 Å². The Labute approximate surface area is 178 Å². The first-order valence-corrected chi connectivity index (χ1v) is 10.5. The third-order valence-electron chi connectivity index (χ3n) is 6.19. The molecular formula is C23H30ClN3O2. The van der Waals surface area contributed by atoms with E-state index < -0.39 is 0 Å². The van der Waals surface area contributed by atoms with Crippen LogP contribution in [-0.2, 0) is 4.79 Å². The van der Waals surface area contributed by atoms with Crippen LogP contribution in [0.2, 0.25) is 0 Å². The smallest absolute Gasteiger partial charge is 0.254 e. The van der Waals surface area contributed by atoms with E-state index >= 15 is 0 Å². The quantitative estimate of drug-likeness (QED) is 0.788. The Kier molecular flexibility index (Phi) is 7.51. The maximum Gasteiger partial charge on any atom is 0.254 e. The second-order valence-electron chi connectivity index (χ2n) is 8.03. The van der Waals surface area contributed by atoms with Crippen molar-refractivity contribution in [2.24, 2.45) is 11.8 Å². The van der Waals surface area contributed by atoms with Gasteiger partial charge in [0, 0.05) is 31.1 Å². The molecule has 2 aliphatic heterocycles. The topological polar surface area (TPSA) is 61.4 Å². The van der Waals surface area contributed by atoms with Gasteiger partial charge in [0.1, 0.15) is 0 Å². The predicted molar refractivity (Wildman–Crippen MR) is 118 cm³/mol. The second-order valence-corrected chi connectivity index (χ2v) is 8.03. The number of likely N-dealkylation sites (tertiary alicyclic amines) is 1. The average Bonchev–Trinajstić information content (AvgIpc) is 3.26. The Bertz CT molecular complexity index is 838. The van der Waals surface area contributed by atoms with Gasteiger partial charge < -0.3 is 15.5 Å². The van der Waals surface area contributed by atoms with Gasteiger partial charge in [-0.1, -0.05) is 36.4 Å². The predicted octanol–water partition coefficient (Wildman–Crippen LogP) is 3.23. The van der Waals surface area contributed by atoms with Gasteiger partial charge in [-0.25, -0.2) is 0 Å². The summed E-state index contributed by atoms with van der Waals surface area (Å²) in [4.78, 5) is 27.4. The number of nitrogens with zero attached hydrogens (tertiary/aromatic N) is 1. The van der Waals surface area contributed by atoms with E-state index in [0.717, 1.165) is 55.2 Å². The van der Waals surface area contributed by atoms with Gasteiger partial charge >= 0.3 is 0 Å². The number of hydrogen-bond acceptors (Lipinski definition) is 3. The van der Waals surface area contributed by atoms with Gasteiger partial charge in [0.25, 0.3) is 5.91 Å². The molecule has 0 saturated carbocycles. The van der Waals surface area contributed by atoms with Gasteiger partial charge in [0.05, 0.1) is 0 Å². The third-order valence-corrected chi connectivity index (χ3v) is 6.19. The molecule has 0 radical (unpaired) electrons. The van der Waals surface area contributed by atoms with Gasteiger partial charge in [0.2, 0.25) is 5.91 Å². The molecule has 2 amide bonds. The molecular weight excluding hydrogens is 386 g/mol. The van der Waals surface area contributed by atoms with Crippen LogP contribution in [0.3, 0.4) is 0 Å². The Balaban J connectivity index is 0.00000240. The van der Waals surface area contributed by atoms with Crippen LogP contribution in [-0.4, -0.2) is 49.4 Å². The molecule has 0 bridgehead atoms. The van der Waals surface area contributed by atoms with Crippen molar-refractivity contribution in [1.82, 2.24) is 15.5 Å². The largest absolute Gasteiger partial charge is 0.356 e. The van der Waals surface area contributed by atoms with E-state index in [1.165, 1.54) is 6.42 Å². The second kappa shape index (κ2) is 10.1. The molecule has 156 valence electrons. The van der Waals surface area contributed by atoms with Crippen LogP contribution in [0.25, 0.3) is 10.8 Å². The number of fused-ring (bicyclic) bond motifs is 1. The molecule has 1 unspecified atom stereocenters. The summed E-state index contributed by atoms with van der Waals surface area (Å²) in [5, 5.41) is 8.55. The lowest BCUT2D eigenvalue weighted by atomic mass is 9.94. The molecule has 5 nitrogen and oxygen atoms in total. The molecule has 0 spiro atoms. The minimum absolute atomic E-state index is 0. The zero-order chi connectivity index (χ0) is 19.3. The lowest BCUT2D eigenvalue weighted by Gasteiger charge is -2.31. The van der Waals surface area contributed by atoms with Crippen molar-refractivity contribution < 1.29 is 9.59 Å². The molecule has 0 aliphatic carbocycles. The standard InChI is InChI=1S/C23H29N3O2.ClH/c27-22(25-13-9-17-8-12-24-16-17)19-10-14-26(15-11-19)23(28)21-7-3-5-18-4-1-2-6-20(18)21;/h1-7,17,19,24H,8-16H2,(H,25,27);1H. The highest BCUT2D eigenvalue weighted by atomic mass is 35.5. The van der Waals surface area contributed by atoms with Crippen molar-refractivity contribution in [3.8, 4) is 0 Å². The SMILES string of the molecule is Cl.O=C(NCCC1CCNC1)C1CCN(C(=O)c2cccc3ccccc23)CC1. The normalized spacial score (nSPS) is 19.7. The fourth-order valence-electron chi connectivity index (χ4n) is 4.43. The van der Waals surface area contributed by atoms with Crippen LogP contribution >= 0.6 is 12.4 Å². The van der Waals surface area contributed by atoms with Crippen LogP contribution in [0.5, 0.6) is 0 Å². The van der Waals surface area contributed by atoms with Crippen molar-refractivity contribution in [3.05, 3.63) is 48.0 Å². The molecule has 2 N–H and O–H groups in total. The van der Waals surface area contributed by atoms with E-state index in [-0.39, 0.29) is 30.1 Å². The molecule has 2 heterocycles. The number of nitrogens with one attached hydrogen (secondary N) is 2. The van der Waals surface area contributed by atoms with Crippen LogP contribution in [0.15, 0.2) is 42.5 Å². The summed E-state index contributed by atoms with van der Waals surface area (Å²) in [6.45, 7) is 4.23. The van der Waals surface area contributed by atoms with Crippen LogP contribution in [0.1, 0.15) is 36.0 Å². The van der Waals surface area contributed by atoms with Crippen molar-refractivity contribution in [3.63, 3.8) is 0 Å². The fourth-order valence-corrected chi connectivity index (χ4v) is 4.43. The van der Waals surface area contributed by atoms with E-state index in [0.29, 0.717) is 19.0 Å². The number of piperidine rings is 1. The molecule has 1 atom stereocenters. The first kappa shape index (κ1) is 21.6. The van der Waals surface area contributed by atoms with Crippen molar-refractivity contribution >= 4 is 35.0 Å². The van der Waals surface area contributed by atoms with E-state index in [1.807, 2.05) is 47.4 Å². The van der Waals surface area contributed by atoms with Crippen molar-refractivity contribution in [2.75, 3.05) is 32.7 Å². The summed E-state index contributed by atoms with van der Waals surface area (Å²) >= 11 is 0. The first-order valence-electron chi connectivity index (χ1n) is 10.5. The summed E-state index contributed by atoms with van der Waals surface area (Å²) in [5.74, 6) is 0.950. The highest BCUT2D eigenvalue weighted by Gasteiger charge is 2.28. The summed E-state index contributed by atoms with van der Waals surface area (Å²) in [7, 11) is 0. The lowest BCUT2D eigenvalue weighted by molar-refractivity contribution is -0.126. The van der Waals surface area contributed by atoms with E-state index in [1.54, 1.807) is 0 Å². The molecule has 2 fully saturated rings. The van der Waals surface area contributed by atoms with Gasteiger partial charge in [-0.05, 0) is 61.5 Å². The average molecular weight is 416 g/mol. The lowest BCUT2D eigenvalue weighted by Crippen LogP contribution is -2.43. The van der Waals surface area contributed by atoms with Crippen molar-refractivity contribution in [2.45, 2.75) is 25.7 Å². The molecule has 2 aromatic rings. The molecule has 29 heavy (non-hydrogen) atoms. The van der Waals surface area contributed by atoms with Gasteiger partial charge in [-0.3, -0.25) is 9.59 Å².